The number of aryl methyl sites for hydroxylation is 3. The Hall–Kier alpha value is -1.85. The Balaban J connectivity index is 2.17. The van der Waals surface area contributed by atoms with Crippen LogP contribution in [0.2, 0.25) is 0 Å². The quantitative estimate of drug-likeness (QED) is 0.786. The Labute approximate surface area is 120 Å². The van der Waals surface area contributed by atoms with Gasteiger partial charge in [0.05, 0.1) is 11.0 Å². The maximum absolute atomic E-state index is 11.9. The molecule has 0 aliphatic heterocycles. The molecule has 3 aromatic rings. The normalized spacial score (nSPS) is 13.0. The van der Waals surface area contributed by atoms with Crippen LogP contribution >= 0.6 is 11.3 Å². The lowest BCUT2D eigenvalue weighted by Crippen LogP contribution is -2.19. The van der Waals surface area contributed by atoms with E-state index in [4.69, 9.17) is 0 Å². The highest BCUT2D eigenvalue weighted by molar-refractivity contribution is 7.10. The van der Waals surface area contributed by atoms with Crippen molar-refractivity contribution in [1.82, 2.24) is 9.13 Å². The van der Waals surface area contributed by atoms with Crippen molar-refractivity contribution in [2.24, 2.45) is 14.1 Å². The first-order valence-electron chi connectivity index (χ1n) is 6.38. The number of hydrogen-bond acceptors (Lipinski definition) is 3. The van der Waals surface area contributed by atoms with Gasteiger partial charge in [0.1, 0.15) is 6.10 Å². The van der Waals surface area contributed by atoms with Crippen LogP contribution in [-0.4, -0.2) is 14.2 Å². The topological polar surface area (TPSA) is 47.2 Å². The number of fused-ring (bicyclic) bond motifs is 1. The highest BCUT2D eigenvalue weighted by Gasteiger charge is 2.16. The van der Waals surface area contributed by atoms with Crippen LogP contribution in [-0.2, 0) is 14.1 Å². The molecule has 0 fully saturated rings. The largest absolute Gasteiger partial charge is 0.383 e. The van der Waals surface area contributed by atoms with E-state index in [0.29, 0.717) is 0 Å². The zero-order valence-electron chi connectivity index (χ0n) is 11.6. The summed E-state index contributed by atoms with van der Waals surface area (Å²) < 4.78 is 3.22. The van der Waals surface area contributed by atoms with E-state index in [1.165, 1.54) is 0 Å². The number of hydrogen-bond donors (Lipinski definition) is 1. The molecule has 1 unspecified atom stereocenters. The number of benzene rings is 1. The summed E-state index contributed by atoms with van der Waals surface area (Å²) in [4.78, 5) is 12.9. The standard InChI is InChI=1S/C15H16N2O2S/c1-9-6-7-20-14(9)13(18)10-4-5-11-12(8-10)17(3)15(19)16(11)2/h4-8,13,18H,1-3H3. The predicted molar refractivity (Wildman–Crippen MR) is 81.3 cm³/mol. The Bertz CT molecular complexity index is 841. The summed E-state index contributed by atoms with van der Waals surface area (Å²) in [6.07, 6.45) is -0.644. The van der Waals surface area contributed by atoms with Gasteiger partial charge in [0.25, 0.3) is 0 Å². The molecule has 2 aromatic heterocycles. The van der Waals surface area contributed by atoms with Gasteiger partial charge in [-0.25, -0.2) is 4.79 Å². The Morgan fingerprint density at radius 3 is 2.50 bits per heavy atom. The molecule has 2 heterocycles. The molecule has 0 aliphatic rings. The fourth-order valence-electron chi connectivity index (χ4n) is 2.51. The summed E-state index contributed by atoms with van der Waals surface area (Å²) in [7, 11) is 3.50. The minimum atomic E-state index is -0.644. The number of aliphatic hydroxyl groups excluding tert-OH is 1. The summed E-state index contributed by atoms with van der Waals surface area (Å²) in [6.45, 7) is 1.99. The van der Waals surface area contributed by atoms with Gasteiger partial charge >= 0.3 is 5.69 Å². The molecule has 0 amide bonds. The minimum Gasteiger partial charge on any atom is -0.383 e. The van der Waals surface area contributed by atoms with Crippen molar-refractivity contribution < 1.29 is 5.11 Å². The second-order valence-electron chi connectivity index (χ2n) is 5.02. The molecule has 104 valence electrons. The number of thiophene rings is 1. The molecule has 1 N–H and O–H groups in total. The maximum atomic E-state index is 11.9. The number of rotatable bonds is 2. The van der Waals surface area contributed by atoms with E-state index in [-0.39, 0.29) is 5.69 Å². The van der Waals surface area contributed by atoms with Crippen molar-refractivity contribution in [2.45, 2.75) is 13.0 Å². The molecule has 0 aliphatic carbocycles. The molecule has 0 spiro atoms. The van der Waals surface area contributed by atoms with Crippen LogP contribution in [0.25, 0.3) is 11.0 Å². The lowest BCUT2D eigenvalue weighted by Gasteiger charge is -2.11. The third-order valence-electron chi connectivity index (χ3n) is 3.76. The van der Waals surface area contributed by atoms with Gasteiger partial charge in [-0.05, 0) is 41.6 Å². The second kappa shape index (κ2) is 4.61. The van der Waals surface area contributed by atoms with Gasteiger partial charge in [-0.15, -0.1) is 11.3 Å². The molecule has 3 rings (SSSR count). The Morgan fingerprint density at radius 1 is 1.15 bits per heavy atom. The highest BCUT2D eigenvalue weighted by Crippen LogP contribution is 2.30. The maximum Gasteiger partial charge on any atom is 0.328 e. The number of nitrogens with zero attached hydrogens (tertiary/aromatic N) is 2. The summed E-state index contributed by atoms with van der Waals surface area (Å²) >= 11 is 1.55. The van der Waals surface area contributed by atoms with E-state index in [1.807, 2.05) is 36.6 Å². The first kappa shape index (κ1) is 13.1. The lowest BCUT2D eigenvalue weighted by molar-refractivity contribution is 0.223. The monoisotopic (exact) mass is 288 g/mol. The van der Waals surface area contributed by atoms with Crippen molar-refractivity contribution in [2.75, 3.05) is 0 Å². The van der Waals surface area contributed by atoms with E-state index in [0.717, 1.165) is 27.0 Å². The molecule has 20 heavy (non-hydrogen) atoms. The Morgan fingerprint density at radius 2 is 1.85 bits per heavy atom. The fraction of sp³-hybridized carbons (Fsp3) is 0.267. The summed E-state index contributed by atoms with van der Waals surface area (Å²) in [6, 6.07) is 7.66. The lowest BCUT2D eigenvalue weighted by atomic mass is 10.1. The van der Waals surface area contributed by atoms with Crippen molar-refractivity contribution in [3.05, 3.63) is 56.1 Å². The summed E-state index contributed by atoms with van der Waals surface area (Å²) in [5.41, 5.74) is 3.55. The van der Waals surface area contributed by atoms with Crippen LogP contribution in [0, 0.1) is 6.92 Å². The predicted octanol–water partition coefficient (Wildman–Crippen LogP) is 2.33. The van der Waals surface area contributed by atoms with Crippen molar-refractivity contribution in [3.8, 4) is 0 Å². The Kier molecular flexibility index (Phi) is 3.03. The average Bonchev–Trinajstić information content (AvgIpc) is 2.97. The fourth-order valence-corrected chi connectivity index (χ4v) is 3.45. The van der Waals surface area contributed by atoms with Crippen molar-refractivity contribution >= 4 is 22.4 Å². The minimum absolute atomic E-state index is 0.0565. The molecule has 0 bridgehead atoms. The van der Waals surface area contributed by atoms with Crippen LogP contribution in [0.1, 0.15) is 22.1 Å². The molecular formula is C15H16N2O2S. The zero-order valence-corrected chi connectivity index (χ0v) is 12.4. The van der Waals surface area contributed by atoms with Gasteiger partial charge in [0, 0.05) is 19.0 Å². The first-order valence-corrected chi connectivity index (χ1v) is 7.26. The molecule has 4 nitrogen and oxygen atoms in total. The van der Waals surface area contributed by atoms with Gasteiger partial charge in [0.15, 0.2) is 0 Å². The van der Waals surface area contributed by atoms with Crippen LogP contribution in [0.3, 0.4) is 0 Å². The molecule has 0 saturated carbocycles. The van der Waals surface area contributed by atoms with Gasteiger partial charge in [-0.3, -0.25) is 9.13 Å². The van der Waals surface area contributed by atoms with Crippen LogP contribution < -0.4 is 5.69 Å². The average molecular weight is 288 g/mol. The summed E-state index contributed by atoms with van der Waals surface area (Å²) in [5, 5.41) is 12.5. The van der Waals surface area contributed by atoms with Crippen LogP contribution in [0.4, 0.5) is 0 Å². The summed E-state index contributed by atoms with van der Waals surface area (Å²) in [5.74, 6) is 0. The number of aromatic nitrogens is 2. The third kappa shape index (κ3) is 1.82. The number of imidazole rings is 1. The van der Waals surface area contributed by atoms with Gasteiger partial charge in [-0.1, -0.05) is 6.07 Å². The van der Waals surface area contributed by atoms with E-state index in [1.54, 1.807) is 34.6 Å². The van der Waals surface area contributed by atoms with Gasteiger partial charge < -0.3 is 5.11 Å². The van der Waals surface area contributed by atoms with Gasteiger partial charge in [0.2, 0.25) is 0 Å². The molecule has 5 heteroatoms. The highest BCUT2D eigenvalue weighted by atomic mass is 32.1. The van der Waals surface area contributed by atoms with E-state index in [9.17, 15) is 9.90 Å². The van der Waals surface area contributed by atoms with Gasteiger partial charge in [-0.2, -0.15) is 0 Å². The van der Waals surface area contributed by atoms with E-state index < -0.39 is 6.10 Å². The van der Waals surface area contributed by atoms with E-state index in [2.05, 4.69) is 0 Å². The first-order chi connectivity index (χ1) is 9.50. The second-order valence-corrected chi connectivity index (χ2v) is 5.97. The van der Waals surface area contributed by atoms with Crippen molar-refractivity contribution in [3.63, 3.8) is 0 Å². The molecular weight excluding hydrogens is 272 g/mol. The smallest absolute Gasteiger partial charge is 0.328 e. The van der Waals surface area contributed by atoms with Crippen LogP contribution in [0.15, 0.2) is 34.4 Å². The SMILES string of the molecule is Cc1ccsc1C(O)c1ccc2c(c1)n(C)c(=O)n2C. The van der Waals surface area contributed by atoms with E-state index >= 15 is 0 Å². The third-order valence-corrected chi connectivity index (χ3v) is 4.83. The molecule has 1 atom stereocenters. The molecule has 1 aromatic carbocycles. The van der Waals surface area contributed by atoms with Crippen LogP contribution in [0.5, 0.6) is 0 Å². The zero-order chi connectivity index (χ0) is 14.4. The molecule has 0 radical (unpaired) electrons. The number of aliphatic hydroxyl groups is 1. The van der Waals surface area contributed by atoms with Crippen molar-refractivity contribution in [1.29, 1.82) is 0 Å². The molecule has 0 saturated heterocycles.